The Kier molecular flexibility index (Phi) is 2.46. The van der Waals surface area contributed by atoms with E-state index in [9.17, 15) is 4.79 Å². The van der Waals surface area contributed by atoms with Crippen LogP contribution in [-0.2, 0) is 9.53 Å². The second kappa shape index (κ2) is 3.37. The highest BCUT2D eigenvalue weighted by Gasteiger charge is 2.21. The highest BCUT2D eigenvalue weighted by atomic mass is 16.5. The quantitative estimate of drug-likeness (QED) is 0.545. The van der Waals surface area contributed by atoms with E-state index in [2.05, 4.69) is 4.99 Å². The maximum Gasteiger partial charge on any atom is 0.294 e. The van der Waals surface area contributed by atoms with E-state index in [1.807, 2.05) is 6.92 Å². The van der Waals surface area contributed by atoms with Gasteiger partial charge in [-0.3, -0.25) is 9.69 Å². The molecule has 4 heteroatoms. The SMILES string of the molecule is CCOC1=NCCN1C(C)=O. The van der Waals surface area contributed by atoms with Crippen LogP contribution in [0.4, 0.5) is 0 Å². The Morgan fingerprint density at radius 2 is 2.55 bits per heavy atom. The minimum Gasteiger partial charge on any atom is -0.465 e. The minimum atomic E-state index is -0.00491. The van der Waals surface area contributed by atoms with Gasteiger partial charge in [-0.15, -0.1) is 0 Å². The Bertz CT molecular complexity index is 189. The third-order valence-corrected chi connectivity index (χ3v) is 1.46. The summed E-state index contributed by atoms with van der Waals surface area (Å²) in [4.78, 5) is 16.5. The predicted octanol–water partition coefficient (Wildman–Crippen LogP) is 0.241. The summed E-state index contributed by atoms with van der Waals surface area (Å²) in [5.41, 5.74) is 0. The van der Waals surface area contributed by atoms with Gasteiger partial charge in [-0.1, -0.05) is 0 Å². The molecular formula is C7H12N2O2. The second-order valence-electron chi connectivity index (χ2n) is 2.27. The molecule has 0 aliphatic carbocycles. The summed E-state index contributed by atoms with van der Waals surface area (Å²) in [7, 11) is 0. The summed E-state index contributed by atoms with van der Waals surface area (Å²) in [6.07, 6.45) is 0. The molecule has 0 N–H and O–H groups in total. The predicted molar refractivity (Wildman–Crippen MR) is 41.3 cm³/mol. The highest BCUT2D eigenvalue weighted by molar-refractivity contribution is 5.94. The van der Waals surface area contributed by atoms with Crippen molar-refractivity contribution in [1.29, 1.82) is 0 Å². The molecule has 11 heavy (non-hydrogen) atoms. The number of aliphatic imine (C=N–C) groups is 1. The van der Waals surface area contributed by atoms with Crippen LogP contribution in [0.25, 0.3) is 0 Å². The summed E-state index contributed by atoms with van der Waals surface area (Å²) < 4.78 is 5.13. The van der Waals surface area contributed by atoms with Crippen LogP contribution in [0.1, 0.15) is 13.8 Å². The number of carbonyl (C=O) groups is 1. The highest BCUT2D eigenvalue weighted by Crippen LogP contribution is 2.02. The minimum absolute atomic E-state index is 0.00491. The van der Waals surface area contributed by atoms with Crippen LogP contribution in [0.3, 0.4) is 0 Å². The molecule has 1 rings (SSSR count). The lowest BCUT2D eigenvalue weighted by Gasteiger charge is -2.14. The van der Waals surface area contributed by atoms with Crippen molar-refractivity contribution < 1.29 is 9.53 Å². The fourth-order valence-corrected chi connectivity index (χ4v) is 0.971. The lowest BCUT2D eigenvalue weighted by Crippen LogP contribution is -2.33. The van der Waals surface area contributed by atoms with Gasteiger partial charge in [0.2, 0.25) is 5.91 Å². The third kappa shape index (κ3) is 1.69. The Balaban J connectivity index is 2.55. The van der Waals surface area contributed by atoms with Gasteiger partial charge in [-0.05, 0) is 6.92 Å². The van der Waals surface area contributed by atoms with Crippen LogP contribution in [0.5, 0.6) is 0 Å². The lowest BCUT2D eigenvalue weighted by molar-refractivity contribution is -0.125. The van der Waals surface area contributed by atoms with E-state index in [1.54, 1.807) is 4.90 Å². The van der Waals surface area contributed by atoms with Gasteiger partial charge in [0.15, 0.2) is 0 Å². The van der Waals surface area contributed by atoms with E-state index in [0.717, 1.165) is 0 Å². The first-order valence-corrected chi connectivity index (χ1v) is 3.71. The molecule has 1 heterocycles. The molecule has 62 valence electrons. The maximum atomic E-state index is 10.9. The molecule has 1 aliphatic heterocycles. The van der Waals surface area contributed by atoms with Gasteiger partial charge in [0.1, 0.15) is 0 Å². The molecule has 0 radical (unpaired) electrons. The van der Waals surface area contributed by atoms with Gasteiger partial charge in [-0.25, -0.2) is 4.99 Å². The third-order valence-electron chi connectivity index (χ3n) is 1.46. The monoisotopic (exact) mass is 156 g/mol. The molecule has 0 saturated heterocycles. The van der Waals surface area contributed by atoms with Crippen LogP contribution in [0, 0.1) is 0 Å². The first-order chi connectivity index (χ1) is 5.25. The second-order valence-corrected chi connectivity index (χ2v) is 2.27. The Labute approximate surface area is 65.9 Å². The molecule has 0 saturated carbocycles. The van der Waals surface area contributed by atoms with Gasteiger partial charge in [0.25, 0.3) is 6.02 Å². The van der Waals surface area contributed by atoms with Crippen molar-refractivity contribution >= 4 is 11.9 Å². The molecule has 0 spiro atoms. The molecule has 0 unspecified atom stereocenters. The number of nitrogens with zero attached hydrogens (tertiary/aromatic N) is 2. The summed E-state index contributed by atoms with van der Waals surface area (Å²) >= 11 is 0. The molecule has 4 nitrogen and oxygen atoms in total. The smallest absolute Gasteiger partial charge is 0.294 e. The van der Waals surface area contributed by atoms with Gasteiger partial charge >= 0.3 is 0 Å². The summed E-state index contributed by atoms with van der Waals surface area (Å²) in [5, 5.41) is 0. The summed E-state index contributed by atoms with van der Waals surface area (Å²) in [6, 6.07) is 0.472. The molecule has 0 aromatic rings. The summed E-state index contributed by atoms with van der Waals surface area (Å²) in [6.45, 7) is 5.27. The van der Waals surface area contributed by atoms with Gasteiger partial charge in [-0.2, -0.15) is 0 Å². The maximum absolute atomic E-state index is 10.9. The fraction of sp³-hybridized carbons (Fsp3) is 0.714. The van der Waals surface area contributed by atoms with Crippen molar-refractivity contribution in [3.05, 3.63) is 0 Å². The normalized spacial score (nSPS) is 16.5. The van der Waals surface area contributed by atoms with Crippen molar-refractivity contribution in [3.63, 3.8) is 0 Å². The van der Waals surface area contributed by atoms with E-state index < -0.39 is 0 Å². The standard InChI is InChI=1S/C7H12N2O2/c1-3-11-7-8-4-5-9(7)6(2)10/h3-5H2,1-2H3. The van der Waals surface area contributed by atoms with Gasteiger partial charge in [0, 0.05) is 6.92 Å². The average Bonchev–Trinajstić information content (AvgIpc) is 2.36. The topological polar surface area (TPSA) is 41.9 Å². The molecule has 0 aromatic heterocycles. The van der Waals surface area contributed by atoms with Crippen molar-refractivity contribution in [2.24, 2.45) is 4.99 Å². The van der Waals surface area contributed by atoms with Gasteiger partial charge in [0.05, 0.1) is 19.7 Å². The zero-order valence-electron chi connectivity index (χ0n) is 6.83. The first kappa shape index (κ1) is 8.04. The molecule has 0 atom stereocenters. The molecule has 0 fully saturated rings. The lowest BCUT2D eigenvalue weighted by atomic mass is 10.5. The Morgan fingerprint density at radius 1 is 1.82 bits per heavy atom. The number of carbonyl (C=O) groups excluding carboxylic acids is 1. The van der Waals surface area contributed by atoms with E-state index in [-0.39, 0.29) is 5.91 Å². The zero-order valence-corrected chi connectivity index (χ0v) is 6.83. The van der Waals surface area contributed by atoms with Crippen LogP contribution in [0.15, 0.2) is 4.99 Å². The van der Waals surface area contributed by atoms with Crippen molar-refractivity contribution in [3.8, 4) is 0 Å². The average molecular weight is 156 g/mol. The van der Waals surface area contributed by atoms with Crippen LogP contribution in [0.2, 0.25) is 0 Å². The van der Waals surface area contributed by atoms with E-state index in [1.165, 1.54) is 6.92 Å². The largest absolute Gasteiger partial charge is 0.465 e. The number of amides is 1. The van der Waals surface area contributed by atoms with Gasteiger partial charge < -0.3 is 4.74 Å². The molecule has 0 bridgehead atoms. The van der Waals surface area contributed by atoms with Crippen LogP contribution < -0.4 is 0 Å². The van der Waals surface area contributed by atoms with Crippen molar-refractivity contribution in [1.82, 2.24) is 4.90 Å². The van der Waals surface area contributed by atoms with E-state index >= 15 is 0 Å². The number of rotatable bonds is 1. The number of amidine groups is 1. The molecular weight excluding hydrogens is 144 g/mol. The number of hydrogen-bond acceptors (Lipinski definition) is 3. The van der Waals surface area contributed by atoms with Crippen LogP contribution >= 0.6 is 0 Å². The van der Waals surface area contributed by atoms with E-state index in [4.69, 9.17) is 4.74 Å². The molecule has 1 amide bonds. The molecule has 1 aliphatic rings. The van der Waals surface area contributed by atoms with Crippen molar-refractivity contribution in [2.45, 2.75) is 13.8 Å². The van der Waals surface area contributed by atoms with Crippen LogP contribution in [-0.4, -0.2) is 36.5 Å². The summed E-state index contributed by atoms with van der Waals surface area (Å²) in [5.74, 6) is -0.00491. The Hall–Kier alpha value is -1.06. The molecule has 0 aromatic carbocycles. The zero-order chi connectivity index (χ0) is 8.27. The Morgan fingerprint density at radius 3 is 3.09 bits per heavy atom. The van der Waals surface area contributed by atoms with Crippen molar-refractivity contribution in [2.75, 3.05) is 19.7 Å². The number of ether oxygens (including phenoxy) is 1. The number of hydrogen-bond donors (Lipinski definition) is 0. The van der Waals surface area contributed by atoms with E-state index in [0.29, 0.717) is 25.7 Å². The fourth-order valence-electron chi connectivity index (χ4n) is 0.971. The first-order valence-electron chi connectivity index (χ1n) is 3.71.